The van der Waals surface area contributed by atoms with E-state index in [0.29, 0.717) is 11.3 Å². The molecule has 19 heavy (non-hydrogen) atoms. The maximum absolute atomic E-state index is 12.1. The monoisotopic (exact) mass is 271 g/mol. The van der Waals surface area contributed by atoms with Gasteiger partial charge < -0.3 is 5.32 Å². The second-order valence-corrected chi connectivity index (χ2v) is 4.77. The van der Waals surface area contributed by atoms with Crippen LogP contribution < -0.4 is 5.32 Å². The van der Waals surface area contributed by atoms with Gasteiger partial charge in [0, 0.05) is 17.4 Å². The second kappa shape index (κ2) is 7.00. The van der Waals surface area contributed by atoms with E-state index in [9.17, 15) is 4.79 Å². The molecule has 0 aliphatic heterocycles. The number of rotatable bonds is 5. The first-order chi connectivity index (χ1) is 9.29. The van der Waals surface area contributed by atoms with E-state index in [2.05, 4.69) is 30.1 Å². The van der Waals surface area contributed by atoms with Gasteiger partial charge in [-0.05, 0) is 24.1 Å². The van der Waals surface area contributed by atoms with Gasteiger partial charge in [-0.15, -0.1) is 0 Å². The molecule has 0 aliphatic rings. The average molecular weight is 271 g/mol. The van der Waals surface area contributed by atoms with E-state index in [1.165, 1.54) is 5.56 Å². The number of carbonyl (C=O) groups excluding carboxylic acids is 1. The summed E-state index contributed by atoms with van der Waals surface area (Å²) in [5.41, 5.74) is 1.89. The molecule has 0 radical (unpaired) electrons. The predicted octanol–water partition coefficient (Wildman–Crippen LogP) is 2.96. The summed E-state index contributed by atoms with van der Waals surface area (Å²) in [6.45, 7) is 0. The van der Waals surface area contributed by atoms with Crippen LogP contribution in [-0.4, -0.2) is 17.7 Å². The molecule has 3 heteroatoms. The fourth-order valence-electron chi connectivity index (χ4n) is 1.92. The molecule has 2 nitrogen and oxygen atoms in total. The average Bonchev–Trinajstić information content (AvgIpc) is 2.48. The van der Waals surface area contributed by atoms with Gasteiger partial charge in [0.2, 0.25) is 0 Å². The van der Waals surface area contributed by atoms with Crippen molar-refractivity contribution < 1.29 is 4.79 Å². The normalized spacial score (nSPS) is 11.8. The minimum absolute atomic E-state index is 0.0402. The van der Waals surface area contributed by atoms with Crippen LogP contribution in [0.5, 0.6) is 0 Å². The van der Waals surface area contributed by atoms with Crippen LogP contribution in [0.15, 0.2) is 60.7 Å². The molecule has 2 rings (SSSR count). The van der Waals surface area contributed by atoms with Gasteiger partial charge in [0.15, 0.2) is 0 Å². The Balaban J connectivity index is 1.98. The molecule has 0 aromatic heterocycles. The van der Waals surface area contributed by atoms with Crippen LogP contribution in [0, 0.1) is 0 Å². The van der Waals surface area contributed by atoms with Gasteiger partial charge in [-0.25, -0.2) is 0 Å². The van der Waals surface area contributed by atoms with Crippen LogP contribution in [0.1, 0.15) is 15.9 Å². The summed E-state index contributed by atoms with van der Waals surface area (Å²) in [6, 6.07) is 19.4. The van der Waals surface area contributed by atoms with E-state index >= 15 is 0 Å². The minimum Gasteiger partial charge on any atom is -0.348 e. The van der Waals surface area contributed by atoms with E-state index < -0.39 is 0 Å². The maximum atomic E-state index is 12.1. The zero-order valence-corrected chi connectivity index (χ0v) is 11.5. The van der Waals surface area contributed by atoms with E-state index in [-0.39, 0.29) is 11.9 Å². The molecule has 1 amide bonds. The Labute approximate surface area is 119 Å². The largest absolute Gasteiger partial charge is 0.348 e. The number of thiol groups is 1. The Hall–Kier alpha value is -1.74. The molecule has 0 saturated carbocycles. The maximum Gasteiger partial charge on any atom is 0.251 e. The van der Waals surface area contributed by atoms with Crippen molar-refractivity contribution in [3.05, 3.63) is 71.8 Å². The molecule has 2 aromatic rings. The van der Waals surface area contributed by atoms with Gasteiger partial charge in [-0.3, -0.25) is 4.79 Å². The summed E-state index contributed by atoms with van der Waals surface area (Å²) < 4.78 is 0. The third kappa shape index (κ3) is 4.14. The third-order valence-corrected chi connectivity index (χ3v) is 3.36. The van der Waals surface area contributed by atoms with Crippen LogP contribution in [0.25, 0.3) is 0 Å². The lowest BCUT2D eigenvalue weighted by Crippen LogP contribution is -2.37. The third-order valence-electron chi connectivity index (χ3n) is 2.92. The van der Waals surface area contributed by atoms with Gasteiger partial charge in [0.25, 0.3) is 5.91 Å². The molecule has 0 bridgehead atoms. The lowest BCUT2D eigenvalue weighted by atomic mass is 10.1. The fourth-order valence-corrected chi connectivity index (χ4v) is 2.14. The molecule has 0 heterocycles. The molecule has 0 fully saturated rings. The molecule has 0 spiro atoms. The molecular formula is C16H17NOS. The van der Waals surface area contributed by atoms with Gasteiger partial charge in [0.05, 0.1) is 0 Å². The number of carbonyl (C=O) groups is 1. The first kappa shape index (κ1) is 13.7. The second-order valence-electron chi connectivity index (χ2n) is 4.41. The van der Waals surface area contributed by atoms with Crippen molar-refractivity contribution in [2.45, 2.75) is 12.5 Å². The summed E-state index contributed by atoms with van der Waals surface area (Å²) in [4.78, 5) is 12.1. The van der Waals surface area contributed by atoms with E-state index in [1.807, 2.05) is 48.5 Å². The Kier molecular flexibility index (Phi) is 5.04. The van der Waals surface area contributed by atoms with Crippen LogP contribution >= 0.6 is 12.6 Å². The molecule has 98 valence electrons. The van der Waals surface area contributed by atoms with Crippen molar-refractivity contribution in [3.8, 4) is 0 Å². The first-order valence-electron chi connectivity index (χ1n) is 6.30. The van der Waals surface area contributed by atoms with Gasteiger partial charge in [0.1, 0.15) is 0 Å². The Bertz CT molecular complexity index is 513. The number of nitrogens with one attached hydrogen (secondary N) is 1. The number of hydrogen-bond donors (Lipinski definition) is 2. The lowest BCUT2D eigenvalue weighted by Gasteiger charge is -2.16. The van der Waals surface area contributed by atoms with Crippen molar-refractivity contribution in [2.24, 2.45) is 0 Å². The molecule has 1 atom stereocenters. The van der Waals surface area contributed by atoms with Crippen molar-refractivity contribution >= 4 is 18.5 Å². The summed E-state index contributed by atoms with van der Waals surface area (Å²) in [5, 5.41) is 3.02. The van der Waals surface area contributed by atoms with Gasteiger partial charge in [-0.2, -0.15) is 12.6 Å². The van der Waals surface area contributed by atoms with Crippen LogP contribution in [-0.2, 0) is 6.42 Å². The summed E-state index contributed by atoms with van der Waals surface area (Å²) >= 11 is 4.32. The lowest BCUT2D eigenvalue weighted by molar-refractivity contribution is 0.0941. The highest BCUT2D eigenvalue weighted by atomic mass is 32.1. The molecule has 0 aliphatic carbocycles. The SMILES string of the molecule is O=C(NC(CS)Cc1ccccc1)c1ccccc1. The fraction of sp³-hybridized carbons (Fsp3) is 0.188. The zero-order chi connectivity index (χ0) is 13.5. The van der Waals surface area contributed by atoms with E-state index in [0.717, 1.165) is 6.42 Å². The van der Waals surface area contributed by atoms with Crippen LogP contribution in [0.4, 0.5) is 0 Å². The Morgan fingerprint density at radius 2 is 1.58 bits per heavy atom. The number of benzene rings is 2. The van der Waals surface area contributed by atoms with Gasteiger partial charge >= 0.3 is 0 Å². The summed E-state index contributed by atoms with van der Waals surface area (Å²) in [6.07, 6.45) is 0.795. The minimum atomic E-state index is -0.0458. The predicted molar refractivity (Wildman–Crippen MR) is 81.7 cm³/mol. The van der Waals surface area contributed by atoms with E-state index in [1.54, 1.807) is 0 Å². The Morgan fingerprint density at radius 1 is 1.00 bits per heavy atom. The van der Waals surface area contributed by atoms with Crippen molar-refractivity contribution in [1.82, 2.24) is 5.32 Å². The Morgan fingerprint density at radius 3 is 2.16 bits per heavy atom. The zero-order valence-electron chi connectivity index (χ0n) is 10.6. The molecule has 1 unspecified atom stereocenters. The first-order valence-corrected chi connectivity index (χ1v) is 6.93. The van der Waals surface area contributed by atoms with E-state index in [4.69, 9.17) is 0 Å². The number of hydrogen-bond acceptors (Lipinski definition) is 2. The highest BCUT2D eigenvalue weighted by Gasteiger charge is 2.12. The smallest absolute Gasteiger partial charge is 0.251 e. The van der Waals surface area contributed by atoms with Crippen molar-refractivity contribution in [3.63, 3.8) is 0 Å². The topological polar surface area (TPSA) is 29.1 Å². The molecule has 2 aromatic carbocycles. The molecular weight excluding hydrogens is 254 g/mol. The molecule has 1 N–H and O–H groups in total. The number of amides is 1. The van der Waals surface area contributed by atoms with Crippen LogP contribution in [0.3, 0.4) is 0 Å². The highest BCUT2D eigenvalue weighted by molar-refractivity contribution is 7.80. The van der Waals surface area contributed by atoms with Crippen LogP contribution in [0.2, 0.25) is 0 Å². The van der Waals surface area contributed by atoms with Gasteiger partial charge in [-0.1, -0.05) is 48.5 Å². The quantitative estimate of drug-likeness (QED) is 0.804. The van der Waals surface area contributed by atoms with Crippen molar-refractivity contribution in [1.29, 1.82) is 0 Å². The highest BCUT2D eigenvalue weighted by Crippen LogP contribution is 2.06. The van der Waals surface area contributed by atoms with Crippen molar-refractivity contribution in [2.75, 3.05) is 5.75 Å². The standard InChI is InChI=1S/C16H17NOS/c18-16(14-9-5-2-6-10-14)17-15(12-19)11-13-7-3-1-4-8-13/h1-10,15,19H,11-12H2,(H,17,18). The summed E-state index contributed by atoms with van der Waals surface area (Å²) in [7, 11) is 0. The molecule has 0 saturated heterocycles. The summed E-state index contributed by atoms with van der Waals surface area (Å²) in [5.74, 6) is 0.573.